The van der Waals surface area contributed by atoms with Gasteiger partial charge in [-0.1, -0.05) is 31.5 Å². The number of rotatable bonds is 4. The number of carbonyl (C=O) groups is 2. The number of para-hydroxylation sites is 1. The van der Waals surface area contributed by atoms with Crippen LogP contribution in [-0.2, 0) is 16.0 Å². The summed E-state index contributed by atoms with van der Waals surface area (Å²) in [5.74, 6) is -1.30. The lowest BCUT2D eigenvalue weighted by Crippen LogP contribution is -2.50. The maximum Gasteiger partial charge on any atom is 0.327 e. The third-order valence-electron chi connectivity index (χ3n) is 3.42. The molecule has 0 aromatic heterocycles. The van der Waals surface area contributed by atoms with Crippen LogP contribution < -0.4 is 10.6 Å². The fraction of sp³-hybridized carbons (Fsp3) is 0.429. The lowest BCUT2D eigenvalue weighted by atomic mass is 10.1. The molecule has 0 spiro atoms. The van der Waals surface area contributed by atoms with Gasteiger partial charge in [-0.15, -0.1) is 0 Å². The zero-order valence-electron chi connectivity index (χ0n) is 10.9. The van der Waals surface area contributed by atoms with Gasteiger partial charge in [0.25, 0.3) is 0 Å². The second kappa shape index (κ2) is 5.40. The van der Waals surface area contributed by atoms with Crippen LogP contribution >= 0.6 is 0 Å². The molecule has 0 aliphatic carbocycles. The third kappa shape index (κ3) is 2.46. The molecule has 1 heterocycles. The summed E-state index contributed by atoms with van der Waals surface area (Å²) in [4.78, 5) is 25.0. The normalized spacial score (nSPS) is 19.1. The Balaban J connectivity index is 2.34. The van der Waals surface area contributed by atoms with Crippen LogP contribution in [0.25, 0.3) is 0 Å². The van der Waals surface area contributed by atoms with Crippen LogP contribution in [0.4, 0.5) is 5.69 Å². The van der Waals surface area contributed by atoms with Gasteiger partial charge in [-0.05, 0) is 18.1 Å². The zero-order valence-corrected chi connectivity index (χ0v) is 10.9. The van der Waals surface area contributed by atoms with Crippen molar-refractivity contribution in [1.29, 1.82) is 0 Å². The lowest BCUT2D eigenvalue weighted by Gasteiger charge is -2.25. The van der Waals surface area contributed by atoms with Crippen molar-refractivity contribution in [1.82, 2.24) is 0 Å². The first-order chi connectivity index (χ1) is 9.06. The van der Waals surface area contributed by atoms with Gasteiger partial charge in [0.05, 0.1) is 6.04 Å². The fourth-order valence-corrected chi connectivity index (χ4v) is 2.47. The molecule has 1 amide bonds. The second-order valence-corrected chi connectivity index (χ2v) is 4.79. The Bertz CT molecular complexity index is 501. The highest BCUT2D eigenvalue weighted by Gasteiger charge is 2.39. The molecule has 19 heavy (non-hydrogen) atoms. The van der Waals surface area contributed by atoms with Crippen molar-refractivity contribution >= 4 is 17.6 Å². The number of amides is 1. The second-order valence-electron chi connectivity index (χ2n) is 4.79. The van der Waals surface area contributed by atoms with Gasteiger partial charge in [0.15, 0.2) is 0 Å². The molecule has 0 saturated carbocycles. The Kier molecular flexibility index (Phi) is 3.85. The van der Waals surface area contributed by atoms with E-state index in [1.807, 2.05) is 19.1 Å². The number of aliphatic carboxylic acids is 1. The van der Waals surface area contributed by atoms with Crippen molar-refractivity contribution in [3.8, 4) is 0 Å². The average molecular weight is 262 g/mol. The first kappa shape index (κ1) is 13.5. The quantitative estimate of drug-likeness (QED) is 0.852. The molecule has 5 nitrogen and oxygen atoms in total. The first-order valence-corrected chi connectivity index (χ1v) is 6.45. The van der Waals surface area contributed by atoms with Gasteiger partial charge in [-0.2, -0.15) is 0 Å². The summed E-state index contributed by atoms with van der Waals surface area (Å²) >= 11 is 0. The van der Waals surface area contributed by atoms with Gasteiger partial charge >= 0.3 is 5.97 Å². The van der Waals surface area contributed by atoms with Crippen LogP contribution in [0, 0.1) is 0 Å². The molecule has 1 aromatic rings. The Labute approximate surface area is 112 Å². The van der Waals surface area contributed by atoms with E-state index in [0.717, 1.165) is 12.0 Å². The number of anilines is 1. The number of nitrogens with two attached hydrogens (primary N) is 1. The van der Waals surface area contributed by atoms with Gasteiger partial charge in [0, 0.05) is 12.1 Å². The van der Waals surface area contributed by atoms with Gasteiger partial charge in [-0.3, -0.25) is 9.69 Å². The van der Waals surface area contributed by atoms with Crippen molar-refractivity contribution in [3.05, 3.63) is 29.8 Å². The maximum atomic E-state index is 12.4. The summed E-state index contributed by atoms with van der Waals surface area (Å²) in [7, 11) is 0. The predicted molar refractivity (Wildman–Crippen MR) is 71.9 cm³/mol. The number of carbonyl (C=O) groups excluding carboxylic acids is 1. The van der Waals surface area contributed by atoms with E-state index in [9.17, 15) is 14.7 Å². The van der Waals surface area contributed by atoms with E-state index in [-0.39, 0.29) is 5.91 Å². The third-order valence-corrected chi connectivity index (χ3v) is 3.42. The monoisotopic (exact) mass is 262 g/mol. The van der Waals surface area contributed by atoms with E-state index in [2.05, 4.69) is 0 Å². The minimum Gasteiger partial charge on any atom is -0.480 e. The van der Waals surface area contributed by atoms with Crippen molar-refractivity contribution in [2.75, 3.05) is 4.90 Å². The lowest BCUT2D eigenvalue weighted by molar-refractivity contribution is -0.140. The highest BCUT2D eigenvalue weighted by atomic mass is 16.4. The van der Waals surface area contributed by atoms with E-state index in [1.165, 1.54) is 4.90 Å². The molecule has 0 radical (unpaired) electrons. The molecular weight excluding hydrogens is 244 g/mol. The number of carboxylic acid groups (broad SMARTS) is 1. The summed E-state index contributed by atoms with van der Waals surface area (Å²) < 4.78 is 0. The van der Waals surface area contributed by atoms with E-state index in [4.69, 9.17) is 5.73 Å². The Hall–Kier alpha value is -1.88. The molecule has 0 bridgehead atoms. The molecule has 3 N–H and O–H groups in total. The molecule has 5 heteroatoms. The molecular formula is C14H18N2O3. The topological polar surface area (TPSA) is 83.6 Å². The summed E-state index contributed by atoms with van der Waals surface area (Å²) in [6.07, 6.45) is 1.69. The first-order valence-electron chi connectivity index (χ1n) is 6.45. The van der Waals surface area contributed by atoms with Crippen LogP contribution in [0.5, 0.6) is 0 Å². The summed E-state index contributed by atoms with van der Waals surface area (Å²) in [6, 6.07) is 5.79. The minimum absolute atomic E-state index is 0.306. The largest absolute Gasteiger partial charge is 0.480 e. The van der Waals surface area contributed by atoms with Crippen LogP contribution in [-0.4, -0.2) is 29.1 Å². The molecule has 102 valence electrons. The molecule has 1 unspecified atom stereocenters. The zero-order chi connectivity index (χ0) is 14.0. The molecule has 2 atom stereocenters. The van der Waals surface area contributed by atoms with E-state index in [0.29, 0.717) is 18.5 Å². The Morgan fingerprint density at radius 3 is 2.79 bits per heavy atom. The summed E-state index contributed by atoms with van der Waals surface area (Å²) in [5.41, 5.74) is 7.40. The number of nitrogens with zero attached hydrogens (tertiary/aromatic N) is 1. The number of carboxylic acids is 1. The van der Waals surface area contributed by atoms with Crippen molar-refractivity contribution in [3.63, 3.8) is 0 Å². The maximum absolute atomic E-state index is 12.4. The molecule has 1 aromatic carbocycles. The highest BCUT2D eigenvalue weighted by molar-refractivity contribution is 6.04. The Morgan fingerprint density at radius 2 is 2.16 bits per heavy atom. The average Bonchev–Trinajstić information content (AvgIpc) is 2.77. The van der Waals surface area contributed by atoms with Gasteiger partial charge in [-0.25, -0.2) is 4.79 Å². The van der Waals surface area contributed by atoms with Gasteiger partial charge in [0.2, 0.25) is 5.91 Å². The molecule has 0 saturated heterocycles. The molecule has 1 aliphatic heterocycles. The number of fused-ring (bicyclic) bond motifs is 1. The molecule has 0 fully saturated rings. The van der Waals surface area contributed by atoms with Crippen LogP contribution in [0.2, 0.25) is 0 Å². The van der Waals surface area contributed by atoms with E-state index >= 15 is 0 Å². The van der Waals surface area contributed by atoms with Crippen LogP contribution in [0.1, 0.15) is 25.3 Å². The standard InChI is InChI=1S/C14H18N2O3/c1-2-5-10(15)13(17)16-11-7-4-3-6-9(11)8-12(16)14(18)19/h3-4,6-7,10,12H,2,5,8,15H2,1H3,(H,18,19)/t10-,12?/m1/s1. The minimum atomic E-state index is -0.992. The molecule has 2 rings (SSSR count). The number of hydrogen-bond donors (Lipinski definition) is 2. The highest BCUT2D eigenvalue weighted by Crippen LogP contribution is 2.32. The number of benzene rings is 1. The van der Waals surface area contributed by atoms with Crippen molar-refractivity contribution < 1.29 is 14.7 Å². The number of hydrogen-bond acceptors (Lipinski definition) is 3. The van der Waals surface area contributed by atoms with Gasteiger partial charge in [0.1, 0.15) is 6.04 Å². The van der Waals surface area contributed by atoms with E-state index < -0.39 is 18.1 Å². The SMILES string of the molecule is CCC[C@@H](N)C(=O)N1c2ccccc2CC1C(=O)O. The van der Waals surface area contributed by atoms with Gasteiger partial charge < -0.3 is 10.8 Å². The fourth-order valence-electron chi connectivity index (χ4n) is 2.47. The summed E-state index contributed by atoms with van der Waals surface area (Å²) in [6.45, 7) is 1.94. The van der Waals surface area contributed by atoms with Crippen LogP contribution in [0.3, 0.4) is 0 Å². The van der Waals surface area contributed by atoms with Crippen LogP contribution in [0.15, 0.2) is 24.3 Å². The predicted octanol–water partition coefficient (Wildman–Crippen LogP) is 1.16. The Morgan fingerprint density at radius 1 is 1.47 bits per heavy atom. The smallest absolute Gasteiger partial charge is 0.327 e. The summed E-state index contributed by atoms with van der Waals surface area (Å²) in [5, 5.41) is 9.28. The molecule has 1 aliphatic rings. The van der Waals surface area contributed by atoms with E-state index in [1.54, 1.807) is 12.1 Å². The van der Waals surface area contributed by atoms with Crippen molar-refractivity contribution in [2.45, 2.75) is 38.3 Å². The van der Waals surface area contributed by atoms with Crippen molar-refractivity contribution in [2.24, 2.45) is 5.73 Å².